The first-order valence-corrected chi connectivity index (χ1v) is 8.11. The second-order valence-electron chi connectivity index (χ2n) is 6.25. The van der Waals surface area contributed by atoms with Crippen LogP contribution < -0.4 is 55.1 Å². The first-order valence-electron chi connectivity index (χ1n) is 8.11. The molecule has 0 aliphatic rings. The molecule has 138 valence electrons. The van der Waals surface area contributed by atoms with E-state index < -0.39 is 18.5 Å². The van der Waals surface area contributed by atoms with Crippen molar-refractivity contribution in [1.82, 2.24) is 5.32 Å². The molecule has 2 rings (SSSR count). The van der Waals surface area contributed by atoms with Crippen molar-refractivity contribution in [3.63, 3.8) is 0 Å². The predicted octanol–water partition coefficient (Wildman–Crippen LogP) is -1.64. The minimum Gasteiger partial charge on any atom is -0.548 e. The van der Waals surface area contributed by atoms with Crippen LogP contribution in [0.25, 0.3) is 11.1 Å². The minimum absolute atomic E-state index is 0. The molecule has 0 spiro atoms. The van der Waals surface area contributed by atoms with Crippen LogP contribution in [0.15, 0.2) is 42.5 Å². The average molecular weight is 378 g/mol. The van der Waals surface area contributed by atoms with E-state index in [1.54, 1.807) is 0 Å². The van der Waals surface area contributed by atoms with Gasteiger partial charge < -0.3 is 30.3 Å². The van der Waals surface area contributed by atoms with Gasteiger partial charge in [-0.2, -0.15) is 0 Å². The fraction of sp³-hybridized carbons (Fsp3) is 0.263. The van der Waals surface area contributed by atoms with Crippen molar-refractivity contribution in [3.05, 3.63) is 42.5 Å². The number of amides is 2. The molecule has 0 aromatic heterocycles. The third-order valence-corrected chi connectivity index (χ3v) is 3.86. The van der Waals surface area contributed by atoms with E-state index in [0.717, 1.165) is 22.5 Å². The second kappa shape index (κ2) is 10.2. The summed E-state index contributed by atoms with van der Waals surface area (Å²) in [5.41, 5.74) is 4.35. The molecule has 0 aliphatic carbocycles. The van der Waals surface area contributed by atoms with Gasteiger partial charge in [-0.05, 0) is 29.8 Å². The number of nitrogens with one attached hydrogen (secondary N) is 2. The Hall–Kier alpha value is -2.22. The molecule has 2 N–H and O–H groups in total. The number of carboxylic acid groups (broad SMARTS) is 1. The van der Waals surface area contributed by atoms with Crippen molar-refractivity contribution < 1.29 is 44.3 Å². The molecule has 0 heterocycles. The number of benzene rings is 2. The first-order chi connectivity index (χ1) is 12.3. The van der Waals surface area contributed by atoms with Crippen LogP contribution in [0, 0.1) is 0 Å². The zero-order chi connectivity index (χ0) is 19.3. The Labute approximate surface area is 181 Å². The Morgan fingerprint density at radius 1 is 0.926 bits per heavy atom. The van der Waals surface area contributed by atoms with Gasteiger partial charge in [0.05, 0.1) is 18.2 Å². The van der Waals surface area contributed by atoms with Gasteiger partial charge in [-0.15, -0.1) is 0 Å². The van der Waals surface area contributed by atoms with Gasteiger partial charge in [-0.1, -0.05) is 18.2 Å². The maximum atomic E-state index is 12.0. The molecule has 27 heavy (non-hydrogen) atoms. The average Bonchev–Trinajstić information content (AvgIpc) is 2.60. The van der Waals surface area contributed by atoms with Gasteiger partial charge in [0.2, 0.25) is 0 Å². The number of carbonyl (C=O) groups is 2. The van der Waals surface area contributed by atoms with Crippen molar-refractivity contribution in [3.8, 4) is 11.1 Å². The van der Waals surface area contributed by atoms with Crippen molar-refractivity contribution in [2.75, 3.05) is 49.9 Å². The van der Waals surface area contributed by atoms with Crippen LogP contribution in [0.1, 0.15) is 0 Å². The predicted molar refractivity (Wildman–Crippen MR) is 103 cm³/mol. The van der Waals surface area contributed by atoms with E-state index in [0.29, 0.717) is 5.69 Å². The van der Waals surface area contributed by atoms with Gasteiger partial charge in [0.25, 0.3) is 0 Å². The zero-order valence-corrected chi connectivity index (χ0v) is 18.4. The maximum Gasteiger partial charge on any atom is 1.00 e. The van der Waals surface area contributed by atoms with E-state index in [4.69, 9.17) is 0 Å². The molecule has 0 atom stereocenters. The van der Waals surface area contributed by atoms with Crippen LogP contribution in [0.4, 0.5) is 21.9 Å². The fourth-order valence-corrected chi connectivity index (χ4v) is 2.42. The third-order valence-electron chi connectivity index (χ3n) is 3.86. The molecular weight excluding hydrogens is 355 g/mol. The Morgan fingerprint density at radius 3 is 2.00 bits per heavy atom. The largest absolute Gasteiger partial charge is 1.00 e. The molecule has 0 fully saturated rings. The van der Waals surface area contributed by atoms with Crippen LogP contribution in [0.5, 0.6) is 0 Å². The number of nitrogens with zero attached hydrogens (tertiary/aromatic N) is 2. The van der Waals surface area contributed by atoms with E-state index in [2.05, 4.69) is 10.6 Å². The maximum absolute atomic E-state index is 12.0. The summed E-state index contributed by atoms with van der Waals surface area (Å²) in [5, 5.41) is 15.5. The van der Waals surface area contributed by atoms with Crippen molar-refractivity contribution in [1.29, 1.82) is 0 Å². The zero-order valence-electron chi connectivity index (χ0n) is 16.4. The number of urea groups is 1. The summed E-state index contributed by atoms with van der Waals surface area (Å²) in [6, 6.07) is 13.1. The number of carbonyl (C=O) groups excluding carboxylic acids is 2. The van der Waals surface area contributed by atoms with E-state index in [1.807, 2.05) is 80.5 Å². The molecule has 2 aromatic rings. The van der Waals surface area contributed by atoms with Gasteiger partial charge in [0, 0.05) is 45.1 Å². The van der Waals surface area contributed by atoms with E-state index >= 15 is 0 Å². The minimum atomic E-state index is -1.35. The van der Waals surface area contributed by atoms with E-state index in [9.17, 15) is 14.7 Å². The third kappa shape index (κ3) is 6.46. The number of rotatable bonds is 6. The SMILES string of the molecule is CN(C)c1ccc(-c2ccc(N(C)C)cc2NC(=O)NCC(=O)[O-])cc1.[Na+]. The summed E-state index contributed by atoms with van der Waals surface area (Å²) in [4.78, 5) is 26.4. The Bertz CT molecular complexity index is 792. The van der Waals surface area contributed by atoms with Crippen LogP contribution >= 0.6 is 0 Å². The Kier molecular flexibility index (Phi) is 8.62. The molecule has 0 radical (unpaired) electrons. The van der Waals surface area contributed by atoms with E-state index in [1.165, 1.54) is 0 Å². The van der Waals surface area contributed by atoms with Crippen molar-refractivity contribution in [2.24, 2.45) is 0 Å². The molecule has 0 saturated heterocycles. The van der Waals surface area contributed by atoms with Gasteiger partial charge in [-0.3, -0.25) is 0 Å². The van der Waals surface area contributed by atoms with Crippen LogP contribution in [0.2, 0.25) is 0 Å². The van der Waals surface area contributed by atoms with E-state index in [-0.39, 0.29) is 29.6 Å². The van der Waals surface area contributed by atoms with Gasteiger partial charge in [0.15, 0.2) is 0 Å². The molecule has 0 unspecified atom stereocenters. The molecule has 0 bridgehead atoms. The summed E-state index contributed by atoms with van der Waals surface area (Å²) in [6.07, 6.45) is 0. The van der Waals surface area contributed by atoms with Crippen LogP contribution in [-0.4, -0.2) is 46.7 Å². The molecule has 0 aliphatic heterocycles. The first kappa shape index (κ1) is 22.8. The summed E-state index contributed by atoms with van der Waals surface area (Å²) in [5.74, 6) is -1.35. The quantitative estimate of drug-likeness (QED) is 0.589. The number of anilines is 3. The molecule has 2 aromatic carbocycles. The standard InChI is InChI=1S/C19H24N4O3.Na/c1-22(2)14-7-5-13(6-8-14)16-10-9-15(23(3)4)11-17(16)21-19(26)20-12-18(24)25;/h5-11H,12H2,1-4H3,(H,24,25)(H2,20,21,26);/q;+1/p-1. The Morgan fingerprint density at radius 2 is 1.48 bits per heavy atom. The van der Waals surface area contributed by atoms with Crippen molar-refractivity contribution in [2.45, 2.75) is 0 Å². The summed E-state index contributed by atoms with van der Waals surface area (Å²) in [6.45, 7) is -0.550. The van der Waals surface area contributed by atoms with Crippen LogP contribution in [-0.2, 0) is 4.79 Å². The normalized spacial score (nSPS) is 9.78. The summed E-state index contributed by atoms with van der Waals surface area (Å²) in [7, 11) is 7.74. The van der Waals surface area contributed by atoms with Crippen molar-refractivity contribution >= 4 is 29.1 Å². The summed E-state index contributed by atoms with van der Waals surface area (Å²) >= 11 is 0. The molecule has 2 amide bonds. The molecule has 7 nitrogen and oxygen atoms in total. The van der Waals surface area contributed by atoms with Gasteiger partial charge in [0.1, 0.15) is 0 Å². The smallest absolute Gasteiger partial charge is 0.548 e. The fourth-order valence-electron chi connectivity index (χ4n) is 2.42. The topological polar surface area (TPSA) is 87.7 Å². The number of hydrogen-bond acceptors (Lipinski definition) is 5. The van der Waals surface area contributed by atoms with Gasteiger partial charge in [-0.25, -0.2) is 4.79 Å². The Balaban J connectivity index is 0.00000364. The monoisotopic (exact) mass is 378 g/mol. The number of carboxylic acids is 1. The molecule has 0 saturated carbocycles. The summed E-state index contributed by atoms with van der Waals surface area (Å²) < 4.78 is 0. The second-order valence-corrected chi connectivity index (χ2v) is 6.25. The van der Waals surface area contributed by atoms with Crippen LogP contribution in [0.3, 0.4) is 0 Å². The van der Waals surface area contributed by atoms with Gasteiger partial charge >= 0.3 is 35.6 Å². The number of aliphatic carboxylic acids is 1. The number of hydrogen-bond donors (Lipinski definition) is 2. The molecular formula is C19H23N4NaO3. The molecule has 8 heteroatoms.